The van der Waals surface area contributed by atoms with Crippen molar-refractivity contribution in [1.29, 1.82) is 0 Å². The molecule has 0 saturated heterocycles. The summed E-state index contributed by atoms with van der Waals surface area (Å²) in [6.07, 6.45) is 4.20. The monoisotopic (exact) mass is 468 g/mol. The van der Waals surface area contributed by atoms with Gasteiger partial charge in [0.1, 0.15) is 23.9 Å². The molecule has 0 aliphatic heterocycles. The Morgan fingerprint density at radius 3 is 2.28 bits per heavy atom. The summed E-state index contributed by atoms with van der Waals surface area (Å²) in [6.45, 7) is 7.52. The molecule has 4 rings (SSSR count). The topological polar surface area (TPSA) is 89.9 Å². The molecule has 0 amide bonds. The van der Waals surface area contributed by atoms with E-state index in [0.29, 0.717) is 31.1 Å². The summed E-state index contributed by atoms with van der Waals surface area (Å²) in [4.78, 5) is 36.6. The van der Waals surface area contributed by atoms with Crippen molar-refractivity contribution in [3.8, 4) is 0 Å². The van der Waals surface area contributed by atoms with Gasteiger partial charge in [-0.25, -0.2) is 0 Å². The number of ether oxygens (including phenoxy) is 2. The Hall–Kier alpha value is -1.14. The number of esters is 2. The Bertz CT molecular complexity index is 784. The highest BCUT2D eigenvalue weighted by molar-refractivity contribution is 6.26. The van der Waals surface area contributed by atoms with Crippen LogP contribution in [0.4, 0.5) is 0 Å². The van der Waals surface area contributed by atoms with E-state index in [4.69, 9.17) is 21.1 Å². The van der Waals surface area contributed by atoms with Crippen molar-refractivity contribution in [1.82, 2.24) is 0 Å². The predicted octanol–water partition coefficient (Wildman–Crippen LogP) is 3.90. The molecular formula is C25H37ClO6. The van der Waals surface area contributed by atoms with E-state index in [1.165, 1.54) is 6.92 Å². The van der Waals surface area contributed by atoms with Gasteiger partial charge in [-0.1, -0.05) is 13.8 Å². The molecule has 0 spiro atoms. The highest BCUT2D eigenvalue weighted by Gasteiger charge is 2.65. The van der Waals surface area contributed by atoms with Crippen LogP contribution in [0, 0.1) is 40.4 Å². The number of aliphatic hydroxyl groups excluding tert-OH is 1. The van der Waals surface area contributed by atoms with E-state index in [9.17, 15) is 19.5 Å². The molecule has 0 aromatic rings. The second-order valence-electron chi connectivity index (χ2n) is 11.3. The lowest BCUT2D eigenvalue weighted by Crippen LogP contribution is -2.62. The fraction of sp³-hybridized carbons (Fsp3) is 0.880. The largest absolute Gasteiger partial charge is 0.461 e. The van der Waals surface area contributed by atoms with Gasteiger partial charge in [-0.15, -0.1) is 11.6 Å². The Morgan fingerprint density at radius 2 is 1.66 bits per heavy atom. The Labute approximate surface area is 195 Å². The molecule has 4 unspecified atom stereocenters. The number of carbonyl (C=O) groups excluding carboxylic acids is 3. The highest BCUT2D eigenvalue weighted by atomic mass is 35.5. The molecule has 7 heteroatoms. The van der Waals surface area contributed by atoms with Crippen molar-refractivity contribution >= 4 is 29.3 Å². The summed E-state index contributed by atoms with van der Waals surface area (Å²) < 4.78 is 11.5. The van der Waals surface area contributed by atoms with Gasteiger partial charge in [-0.05, 0) is 80.5 Å². The minimum atomic E-state index is -0.667. The summed E-state index contributed by atoms with van der Waals surface area (Å²) in [6, 6.07) is 0. The molecular weight excluding hydrogens is 432 g/mol. The van der Waals surface area contributed by atoms with Crippen molar-refractivity contribution < 1.29 is 29.0 Å². The summed E-state index contributed by atoms with van der Waals surface area (Å²) >= 11 is 5.82. The van der Waals surface area contributed by atoms with E-state index < -0.39 is 18.2 Å². The molecule has 0 radical (unpaired) electrons. The standard InChI is InChI=1S/C25H37ClO6/c1-13(27)17-7-8-18-16-6-5-15-9-19(29)20(31-14(2)28)10-24(15,3)23(16)21(11-25(17,18)4)32-22(30)12-26/h15-21,23,29H,5-12H2,1-4H3/t15?,16-,17+,18-,19?,20?,21?,23+,24-,25+/m0/s1. The number of fused-ring (bicyclic) bond motifs is 5. The van der Waals surface area contributed by atoms with Crippen LogP contribution in [0.1, 0.15) is 72.6 Å². The van der Waals surface area contributed by atoms with Gasteiger partial charge in [-0.3, -0.25) is 14.4 Å². The zero-order valence-corrected chi connectivity index (χ0v) is 20.4. The molecule has 1 N–H and O–H groups in total. The predicted molar refractivity (Wildman–Crippen MR) is 119 cm³/mol. The number of hydrogen-bond donors (Lipinski definition) is 1. The quantitative estimate of drug-likeness (QED) is 0.497. The third-order valence-corrected chi connectivity index (χ3v) is 9.99. The van der Waals surface area contributed by atoms with E-state index in [1.54, 1.807) is 6.92 Å². The van der Waals surface area contributed by atoms with Crippen molar-refractivity contribution in [2.24, 2.45) is 40.4 Å². The maximum absolute atomic E-state index is 12.5. The van der Waals surface area contributed by atoms with Crippen LogP contribution in [0.15, 0.2) is 0 Å². The van der Waals surface area contributed by atoms with E-state index in [0.717, 1.165) is 25.7 Å². The number of Topliss-reactive ketones (excluding diaryl/α,β-unsaturated/α-hetero) is 1. The molecule has 0 aromatic heterocycles. The molecule has 6 nitrogen and oxygen atoms in total. The third-order valence-electron chi connectivity index (χ3n) is 9.77. The summed E-state index contributed by atoms with van der Waals surface area (Å²) in [5.41, 5.74) is -0.411. The molecule has 0 bridgehead atoms. The molecule has 4 aliphatic rings. The molecule has 4 aliphatic carbocycles. The van der Waals surface area contributed by atoms with Crippen LogP contribution >= 0.6 is 11.6 Å². The molecule has 0 heterocycles. The molecule has 4 fully saturated rings. The van der Waals surface area contributed by atoms with Crippen LogP contribution in [-0.4, -0.2) is 47.0 Å². The number of ketones is 1. The molecule has 32 heavy (non-hydrogen) atoms. The number of aliphatic hydroxyl groups is 1. The summed E-state index contributed by atoms with van der Waals surface area (Å²) in [7, 11) is 0. The van der Waals surface area contributed by atoms with Crippen molar-refractivity contribution in [2.45, 2.75) is 91.0 Å². The average molecular weight is 469 g/mol. The normalized spacial score (nSPS) is 47.6. The van der Waals surface area contributed by atoms with Crippen molar-refractivity contribution in [3.63, 3.8) is 0 Å². The number of halogens is 1. The second kappa shape index (κ2) is 8.57. The van der Waals surface area contributed by atoms with E-state index in [-0.39, 0.29) is 52.3 Å². The zero-order chi connectivity index (χ0) is 23.4. The first-order valence-electron chi connectivity index (χ1n) is 12.1. The lowest BCUT2D eigenvalue weighted by atomic mass is 9.43. The van der Waals surface area contributed by atoms with Crippen molar-refractivity contribution in [3.05, 3.63) is 0 Å². The van der Waals surface area contributed by atoms with Gasteiger partial charge in [0, 0.05) is 18.8 Å². The summed E-state index contributed by atoms with van der Waals surface area (Å²) in [5, 5.41) is 10.7. The van der Waals surface area contributed by atoms with E-state index in [1.807, 2.05) is 0 Å². The number of carbonyl (C=O) groups is 3. The smallest absolute Gasteiger partial charge is 0.321 e. The first-order valence-corrected chi connectivity index (χ1v) is 12.7. The van der Waals surface area contributed by atoms with Gasteiger partial charge in [0.15, 0.2) is 0 Å². The van der Waals surface area contributed by atoms with Gasteiger partial charge >= 0.3 is 11.9 Å². The summed E-state index contributed by atoms with van der Waals surface area (Å²) in [5.74, 6) is 0.339. The van der Waals surface area contributed by atoms with Gasteiger partial charge in [0.05, 0.1) is 6.10 Å². The van der Waals surface area contributed by atoms with Crippen LogP contribution in [0.5, 0.6) is 0 Å². The van der Waals surface area contributed by atoms with Crippen LogP contribution in [0.25, 0.3) is 0 Å². The van der Waals surface area contributed by atoms with Gasteiger partial charge in [0.25, 0.3) is 0 Å². The van der Waals surface area contributed by atoms with Crippen molar-refractivity contribution in [2.75, 3.05) is 5.88 Å². The Morgan fingerprint density at radius 1 is 0.969 bits per heavy atom. The second-order valence-corrected chi connectivity index (χ2v) is 11.6. The first-order chi connectivity index (χ1) is 15.0. The van der Waals surface area contributed by atoms with Gasteiger partial charge in [-0.2, -0.15) is 0 Å². The van der Waals surface area contributed by atoms with Crippen LogP contribution in [0.3, 0.4) is 0 Å². The fourth-order valence-corrected chi connectivity index (χ4v) is 8.72. The zero-order valence-electron chi connectivity index (χ0n) is 19.6. The maximum atomic E-state index is 12.5. The minimum absolute atomic E-state index is 0.00171. The van der Waals surface area contributed by atoms with Gasteiger partial charge < -0.3 is 14.6 Å². The fourth-order valence-electron chi connectivity index (χ4n) is 8.66. The van der Waals surface area contributed by atoms with E-state index in [2.05, 4.69) is 13.8 Å². The van der Waals surface area contributed by atoms with Gasteiger partial charge in [0.2, 0.25) is 0 Å². The number of alkyl halides is 1. The molecule has 10 atom stereocenters. The number of hydrogen-bond acceptors (Lipinski definition) is 6. The average Bonchev–Trinajstić information content (AvgIpc) is 3.05. The van der Waals surface area contributed by atoms with Crippen LogP contribution in [-0.2, 0) is 23.9 Å². The minimum Gasteiger partial charge on any atom is -0.461 e. The van der Waals surface area contributed by atoms with Crippen LogP contribution < -0.4 is 0 Å². The lowest BCUT2D eigenvalue weighted by Gasteiger charge is -2.63. The Kier molecular flexibility index (Phi) is 6.43. The van der Waals surface area contributed by atoms with Crippen LogP contribution in [0.2, 0.25) is 0 Å². The molecule has 0 aromatic carbocycles. The maximum Gasteiger partial charge on any atom is 0.321 e. The van der Waals surface area contributed by atoms with E-state index >= 15 is 0 Å². The molecule has 180 valence electrons. The highest BCUT2D eigenvalue weighted by Crippen LogP contribution is 2.68. The SMILES string of the molecule is CC(=O)OC1C[C@@]2(C)C(CC[C@H]3[C@@H]4CC[C@H](C(C)=O)[C@@]4(C)CC(OC(=O)CCl)[C@@H]32)CC1O. The Balaban J connectivity index is 1.72. The number of rotatable bonds is 4. The third kappa shape index (κ3) is 3.79. The molecule has 4 saturated carbocycles. The lowest BCUT2D eigenvalue weighted by molar-refractivity contribution is -0.213. The first kappa shape index (κ1) is 24.0.